The third kappa shape index (κ3) is 3.78. The number of hydrogen-bond acceptors (Lipinski definition) is 7. The lowest BCUT2D eigenvalue weighted by molar-refractivity contribution is 0.0631. The van der Waals surface area contributed by atoms with E-state index in [0.29, 0.717) is 27.6 Å². The van der Waals surface area contributed by atoms with E-state index in [-0.39, 0.29) is 16.1 Å². The van der Waals surface area contributed by atoms with Crippen LogP contribution in [0.25, 0.3) is 5.57 Å². The number of nitrogens with two attached hydrogens (primary N) is 3. The van der Waals surface area contributed by atoms with Gasteiger partial charge in [0.1, 0.15) is 16.3 Å². The van der Waals surface area contributed by atoms with Crippen LogP contribution in [0.2, 0.25) is 0 Å². The van der Waals surface area contributed by atoms with Crippen molar-refractivity contribution in [3.8, 4) is 5.75 Å². The highest BCUT2D eigenvalue weighted by atomic mass is 32.1. The monoisotopic (exact) mass is 372 g/mol. The van der Waals surface area contributed by atoms with Gasteiger partial charge in [0.2, 0.25) is 0 Å². The quantitative estimate of drug-likeness (QED) is 0.397. The summed E-state index contributed by atoms with van der Waals surface area (Å²) < 4.78 is 5.05. The molecule has 0 fully saturated rings. The number of rotatable bonds is 5. The van der Waals surface area contributed by atoms with Gasteiger partial charge in [-0.2, -0.15) is 0 Å². The molecule has 2 rings (SSSR count). The standard InChI is InChI=1S/C17H21BN4O3S/c1-8(9(2)19)12-13(20)14(26-15(12)21)16(23)22-17(18,24)10-4-6-11(25-3)7-5-10/h4-7,24H,19-21H2,1-3H3,(H,22,23)/b9-8-. The van der Waals surface area contributed by atoms with E-state index in [2.05, 4.69) is 5.32 Å². The number of methoxy groups -OCH3 is 1. The van der Waals surface area contributed by atoms with Crippen molar-refractivity contribution in [2.45, 2.75) is 19.5 Å². The van der Waals surface area contributed by atoms with E-state index in [4.69, 9.17) is 29.8 Å². The van der Waals surface area contributed by atoms with Gasteiger partial charge in [0.25, 0.3) is 5.91 Å². The first kappa shape index (κ1) is 19.7. The van der Waals surface area contributed by atoms with Gasteiger partial charge in [-0.3, -0.25) is 4.79 Å². The van der Waals surface area contributed by atoms with Crippen molar-refractivity contribution in [2.24, 2.45) is 5.73 Å². The minimum absolute atomic E-state index is 0.149. The highest BCUT2D eigenvalue weighted by molar-refractivity contribution is 7.18. The lowest BCUT2D eigenvalue weighted by Gasteiger charge is -2.26. The minimum Gasteiger partial charge on any atom is -0.497 e. The van der Waals surface area contributed by atoms with Crippen LogP contribution >= 0.6 is 11.3 Å². The second-order valence-corrected chi connectivity index (χ2v) is 6.89. The van der Waals surface area contributed by atoms with Gasteiger partial charge in [-0.25, -0.2) is 0 Å². The zero-order valence-electron chi connectivity index (χ0n) is 14.8. The lowest BCUT2D eigenvalue weighted by Crippen LogP contribution is -2.46. The van der Waals surface area contributed by atoms with Crippen molar-refractivity contribution >= 4 is 41.4 Å². The first-order valence-corrected chi connectivity index (χ1v) is 8.49. The summed E-state index contributed by atoms with van der Waals surface area (Å²) in [6.45, 7) is 3.48. The molecule has 1 aromatic carbocycles. The summed E-state index contributed by atoms with van der Waals surface area (Å²) in [6.07, 6.45) is 0. The van der Waals surface area contributed by atoms with Crippen molar-refractivity contribution in [1.82, 2.24) is 5.32 Å². The Labute approximate surface area is 157 Å². The van der Waals surface area contributed by atoms with Crippen LogP contribution in [0, 0.1) is 0 Å². The highest BCUT2D eigenvalue weighted by Crippen LogP contribution is 2.39. The maximum absolute atomic E-state index is 12.6. The summed E-state index contributed by atoms with van der Waals surface area (Å²) in [5, 5.41) is 13.2. The molecule has 2 aromatic rings. The average molecular weight is 372 g/mol. The average Bonchev–Trinajstić information content (AvgIpc) is 2.88. The maximum atomic E-state index is 12.6. The second-order valence-electron chi connectivity index (χ2n) is 5.84. The summed E-state index contributed by atoms with van der Waals surface area (Å²) in [6, 6.07) is 6.32. The highest BCUT2D eigenvalue weighted by Gasteiger charge is 2.28. The number of allylic oxidation sites excluding steroid dienone is 2. The van der Waals surface area contributed by atoms with Crippen LogP contribution in [-0.4, -0.2) is 26.0 Å². The van der Waals surface area contributed by atoms with Crippen molar-refractivity contribution in [3.05, 3.63) is 46.0 Å². The summed E-state index contributed by atoms with van der Waals surface area (Å²) in [4.78, 5) is 12.7. The van der Waals surface area contributed by atoms with Crippen molar-refractivity contribution in [2.75, 3.05) is 18.6 Å². The molecule has 0 saturated carbocycles. The molecule has 0 aliphatic rings. The molecule has 0 aliphatic heterocycles. The van der Waals surface area contributed by atoms with Gasteiger partial charge in [0.15, 0.2) is 7.85 Å². The molecular weight excluding hydrogens is 351 g/mol. The number of carbonyl (C=O) groups excluding carboxylic acids is 1. The molecule has 1 unspecified atom stereocenters. The molecule has 1 amide bonds. The second kappa shape index (κ2) is 7.31. The molecule has 0 saturated heterocycles. The van der Waals surface area contributed by atoms with E-state index < -0.39 is 11.5 Å². The zero-order chi connectivity index (χ0) is 19.6. The van der Waals surface area contributed by atoms with E-state index >= 15 is 0 Å². The summed E-state index contributed by atoms with van der Waals surface area (Å²) in [5.41, 5.74) is 18.0. The Balaban J connectivity index is 2.32. The number of benzene rings is 1. The van der Waals surface area contributed by atoms with E-state index in [0.717, 1.165) is 11.3 Å². The van der Waals surface area contributed by atoms with Gasteiger partial charge in [-0.1, -0.05) is 12.1 Å². The third-order valence-electron chi connectivity index (χ3n) is 3.98. The minimum atomic E-state index is -2.09. The summed E-state index contributed by atoms with van der Waals surface area (Å²) in [5.74, 6) is -0.0519. The topological polar surface area (TPSA) is 137 Å². The summed E-state index contributed by atoms with van der Waals surface area (Å²) in [7, 11) is 7.38. The van der Waals surface area contributed by atoms with Crippen LogP contribution < -0.4 is 27.3 Å². The van der Waals surface area contributed by atoms with Crippen LogP contribution in [0.15, 0.2) is 30.0 Å². The van der Waals surface area contributed by atoms with E-state index in [1.807, 2.05) is 0 Å². The van der Waals surface area contributed by atoms with Gasteiger partial charge in [0, 0.05) is 11.3 Å². The van der Waals surface area contributed by atoms with E-state index in [1.165, 1.54) is 7.11 Å². The molecule has 26 heavy (non-hydrogen) atoms. The Hall–Kier alpha value is -2.65. The molecule has 0 spiro atoms. The number of ether oxygens (including phenoxy) is 1. The van der Waals surface area contributed by atoms with Crippen molar-refractivity contribution in [1.29, 1.82) is 0 Å². The number of anilines is 2. The van der Waals surface area contributed by atoms with Crippen LogP contribution in [0.3, 0.4) is 0 Å². The maximum Gasteiger partial charge on any atom is 0.265 e. The smallest absolute Gasteiger partial charge is 0.265 e. The molecule has 9 heteroatoms. The van der Waals surface area contributed by atoms with E-state index in [9.17, 15) is 9.90 Å². The Morgan fingerprint density at radius 1 is 1.27 bits per heavy atom. The fourth-order valence-corrected chi connectivity index (χ4v) is 3.30. The SMILES string of the molecule is [B]C(O)(NC(=O)c1sc(N)c(/C(C)=C(/C)N)c1N)c1ccc(OC)cc1. The number of hydrogen-bond donors (Lipinski definition) is 5. The van der Waals surface area contributed by atoms with Crippen LogP contribution in [0.5, 0.6) is 5.75 Å². The normalized spacial score (nSPS) is 14.3. The predicted molar refractivity (Wildman–Crippen MR) is 106 cm³/mol. The van der Waals surface area contributed by atoms with Gasteiger partial charge < -0.3 is 32.4 Å². The summed E-state index contributed by atoms with van der Waals surface area (Å²) >= 11 is 1.00. The molecule has 1 aromatic heterocycles. The van der Waals surface area contributed by atoms with Crippen LogP contribution in [-0.2, 0) is 5.62 Å². The number of nitrogen functional groups attached to an aromatic ring is 2. The lowest BCUT2D eigenvalue weighted by atomic mass is 9.83. The van der Waals surface area contributed by atoms with E-state index in [1.54, 1.807) is 38.1 Å². The van der Waals surface area contributed by atoms with Crippen molar-refractivity contribution < 1.29 is 14.6 Å². The predicted octanol–water partition coefficient (Wildman–Crippen LogP) is 1.33. The van der Waals surface area contributed by atoms with Gasteiger partial charge in [0.05, 0.1) is 17.8 Å². The molecule has 1 atom stereocenters. The van der Waals surface area contributed by atoms with Gasteiger partial charge in [-0.05, 0) is 37.1 Å². The first-order valence-electron chi connectivity index (χ1n) is 7.67. The number of nitrogens with one attached hydrogen (secondary N) is 1. The Bertz CT molecular complexity index is 856. The molecule has 136 valence electrons. The fourth-order valence-electron chi connectivity index (χ4n) is 2.36. The molecule has 0 aliphatic carbocycles. The molecular formula is C17H21BN4O3S. The Morgan fingerprint density at radius 2 is 1.85 bits per heavy atom. The molecule has 1 heterocycles. The van der Waals surface area contributed by atoms with Crippen LogP contribution in [0.1, 0.15) is 34.6 Å². The van der Waals surface area contributed by atoms with Gasteiger partial charge >= 0.3 is 0 Å². The molecule has 7 nitrogen and oxygen atoms in total. The van der Waals surface area contributed by atoms with Gasteiger partial charge in [-0.15, -0.1) is 11.3 Å². The van der Waals surface area contributed by atoms with Crippen molar-refractivity contribution in [3.63, 3.8) is 0 Å². The number of thiophene rings is 1. The Kier molecular flexibility index (Phi) is 5.53. The number of aliphatic hydroxyl groups is 1. The first-order chi connectivity index (χ1) is 12.1. The largest absolute Gasteiger partial charge is 0.497 e. The number of amides is 1. The third-order valence-corrected chi connectivity index (χ3v) is 5.01. The fraction of sp³-hybridized carbons (Fsp3) is 0.235. The van der Waals surface area contributed by atoms with Crippen LogP contribution in [0.4, 0.5) is 10.7 Å². The Morgan fingerprint density at radius 3 is 2.35 bits per heavy atom. The molecule has 2 radical (unpaired) electrons. The molecule has 0 bridgehead atoms. The molecule has 8 N–H and O–H groups in total. The zero-order valence-corrected chi connectivity index (χ0v) is 15.6. The number of carbonyl (C=O) groups is 1.